The van der Waals surface area contributed by atoms with Gasteiger partial charge in [-0.1, -0.05) is 26.0 Å². The summed E-state index contributed by atoms with van der Waals surface area (Å²) >= 11 is 1.20. The lowest BCUT2D eigenvalue weighted by molar-refractivity contribution is -0.384. The molecule has 2 heterocycles. The molecule has 33 heavy (non-hydrogen) atoms. The summed E-state index contributed by atoms with van der Waals surface area (Å²) < 4.78 is 0. The summed E-state index contributed by atoms with van der Waals surface area (Å²) in [5, 5.41) is 22.8. The van der Waals surface area contributed by atoms with Gasteiger partial charge in [0.15, 0.2) is 5.76 Å². The summed E-state index contributed by atoms with van der Waals surface area (Å²) in [7, 11) is 0. The van der Waals surface area contributed by atoms with E-state index in [4.69, 9.17) is 0 Å². The topological polar surface area (TPSA) is 117 Å². The first-order chi connectivity index (χ1) is 15.7. The van der Waals surface area contributed by atoms with Crippen LogP contribution in [0.15, 0.2) is 35.6 Å². The first-order valence-electron chi connectivity index (χ1n) is 10.9. The molecule has 0 fully saturated rings. The summed E-state index contributed by atoms with van der Waals surface area (Å²) in [6.45, 7) is 10.4. The molecule has 1 aromatic carbocycles. The number of thiazole rings is 1. The molecule has 9 nitrogen and oxygen atoms in total. The van der Waals surface area contributed by atoms with E-state index in [1.54, 1.807) is 19.9 Å². The predicted octanol–water partition coefficient (Wildman–Crippen LogP) is 3.98. The number of carbonyl (C=O) groups is 2. The van der Waals surface area contributed by atoms with Gasteiger partial charge in [0.05, 0.1) is 32.1 Å². The molecule has 176 valence electrons. The average molecular weight is 473 g/mol. The second-order valence-corrected chi connectivity index (χ2v) is 9.08. The Morgan fingerprint density at radius 2 is 2.00 bits per heavy atom. The molecule has 10 heteroatoms. The van der Waals surface area contributed by atoms with Crippen molar-refractivity contribution in [3.8, 4) is 0 Å². The Kier molecular flexibility index (Phi) is 7.60. The molecule has 0 radical (unpaired) electrons. The van der Waals surface area contributed by atoms with Crippen molar-refractivity contribution in [3.05, 3.63) is 66.9 Å². The smallest absolute Gasteiger partial charge is 0.290 e. The van der Waals surface area contributed by atoms with Crippen LogP contribution in [0.3, 0.4) is 0 Å². The monoisotopic (exact) mass is 472 g/mol. The number of hydrogen-bond acceptors (Lipinski definition) is 8. The lowest BCUT2D eigenvalue weighted by atomic mass is 9.94. The molecule has 1 aliphatic heterocycles. The zero-order chi connectivity index (χ0) is 24.3. The Balaban J connectivity index is 2.03. The molecule has 0 bridgehead atoms. The van der Waals surface area contributed by atoms with E-state index in [1.807, 2.05) is 0 Å². The van der Waals surface area contributed by atoms with Crippen LogP contribution in [0.5, 0.6) is 0 Å². The molecule has 1 aliphatic rings. The number of carbonyl (C=O) groups excluding carboxylic acids is 2. The third-order valence-corrected chi connectivity index (χ3v) is 6.89. The first-order valence-corrected chi connectivity index (χ1v) is 11.7. The number of aliphatic hydroxyl groups is 1. The van der Waals surface area contributed by atoms with Gasteiger partial charge in [-0.25, -0.2) is 4.98 Å². The zero-order valence-electron chi connectivity index (χ0n) is 19.2. The second-order valence-electron chi connectivity index (χ2n) is 7.87. The van der Waals surface area contributed by atoms with E-state index in [-0.39, 0.29) is 11.3 Å². The quantitative estimate of drug-likeness (QED) is 0.316. The lowest BCUT2D eigenvalue weighted by Crippen LogP contribution is -2.34. The van der Waals surface area contributed by atoms with Crippen molar-refractivity contribution in [3.63, 3.8) is 0 Å². The minimum absolute atomic E-state index is 0.0601. The number of ketones is 1. The maximum atomic E-state index is 13.5. The fraction of sp³-hybridized carbons (Fsp3) is 0.435. The van der Waals surface area contributed by atoms with Crippen LogP contribution in [0.2, 0.25) is 0 Å². The number of nitro groups is 1. The minimum atomic E-state index is -0.914. The Morgan fingerprint density at radius 3 is 2.58 bits per heavy atom. The first kappa shape index (κ1) is 24.5. The summed E-state index contributed by atoms with van der Waals surface area (Å²) in [6.07, 6.45) is 0.631. The number of nitrogens with zero attached hydrogens (tertiary/aromatic N) is 4. The number of aryl methyl sites for hydroxylation is 2. The Morgan fingerprint density at radius 1 is 1.30 bits per heavy atom. The van der Waals surface area contributed by atoms with E-state index in [0.29, 0.717) is 34.1 Å². The van der Waals surface area contributed by atoms with Crippen LogP contribution in [0.1, 0.15) is 52.2 Å². The molecule has 2 aromatic rings. The SMILES string of the molecule is CCN(CC)CCCN1C(=O)C(O)=C(C(=O)c2sc(C)nc2C)[C@@H]1c1cccc([N+](=O)[O-])c1. The van der Waals surface area contributed by atoms with Gasteiger partial charge in [-0.2, -0.15) is 0 Å². The third-order valence-electron chi connectivity index (χ3n) is 5.82. The van der Waals surface area contributed by atoms with Crippen molar-refractivity contribution in [1.82, 2.24) is 14.8 Å². The molecule has 0 spiro atoms. The van der Waals surface area contributed by atoms with Crippen molar-refractivity contribution < 1.29 is 19.6 Å². The Hall–Kier alpha value is -3.11. The van der Waals surface area contributed by atoms with Crippen molar-refractivity contribution in [2.75, 3.05) is 26.2 Å². The normalized spacial score (nSPS) is 16.2. The van der Waals surface area contributed by atoms with E-state index in [9.17, 15) is 24.8 Å². The molecule has 0 saturated carbocycles. The summed E-state index contributed by atoms with van der Waals surface area (Å²) in [6, 6.07) is 4.95. The van der Waals surface area contributed by atoms with Crippen LogP contribution in [-0.2, 0) is 4.79 Å². The molecule has 3 rings (SSSR count). The van der Waals surface area contributed by atoms with Gasteiger partial charge in [0.25, 0.3) is 11.6 Å². The standard InChI is InChI=1S/C23H28N4O5S/c1-5-25(6-2)11-8-12-26-19(16-9-7-10-17(13-16)27(31)32)18(21(29)23(26)30)20(28)22-14(3)24-15(4)33-22/h7,9-10,13,19,29H,5-6,8,11-12H2,1-4H3/t19-/m0/s1. The maximum Gasteiger partial charge on any atom is 0.290 e. The van der Waals surface area contributed by atoms with Crippen LogP contribution in [0.4, 0.5) is 5.69 Å². The fourth-order valence-corrected chi connectivity index (χ4v) is 5.01. The molecule has 0 saturated heterocycles. The van der Waals surface area contributed by atoms with Crippen LogP contribution in [-0.4, -0.2) is 62.7 Å². The second kappa shape index (κ2) is 10.2. The molecular formula is C23H28N4O5S. The molecule has 1 amide bonds. The summed E-state index contributed by atoms with van der Waals surface area (Å²) in [4.78, 5) is 45.7. The Bertz CT molecular complexity index is 1110. The summed E-state index contributed by atoms with van der Waals surface area (Å²) in [5.74, 6) is -1.73. The van der Waals surface area contributed by atoms with Crippen LogP contribution in [0.25, 0.3) is 0 Å². The van der Waals surface area contributed by atoms with Gasteiger partial charge >= 0.3 is 0 Å². The molecule has 1 atom stereocenters. The number of aromatic nitrogens is 1. The number of amides is 1. The van der Waals surface area contributed by atoms with Gasteiger partial charge in [-0.3, -0.25) is 19.7 Å². The number of rotatable bonds is 10. The highest BCUT2D eigenvalue weighted by Crippen LogP contribution is 2.41. The van der Waals surface area contributed by atoms with Gasteiger partial charge in [0.2, 0.25) is 5.78 Å². The third kappa shape index (κ3) is 4.96. The number of hydrogen-bond donors (Lipinski definition) is 1. The number of benzene rings is 1. The predicted molar refractivity (Wildman–Crippen MR) is 126 cm³/mol. The van der Waals surface area contributed by atoms with E-state index in [2.05, 4.69) is 23.7 Å². The number of Topliss-reactive ketones (excluding diaryl/α,β-unsaturated/α-hetero) is 1. The van der Waals surface area contributed by atoms with Crippen LogP contribution >= 0.6 is 11.3 Å². The molecule has 1 N–H and O–H groups in total. The highest BCUT2D eigenvalue weighted by Gasteiger charge is 2.44. The average Bonchev–Trinajstić information content (AvgIpc) is 3.26. The molecule has 1 aromatic heterocycles. The number of aliphatic hydroxyl groups excluding tert-OH is 1. The molecule has 0 unspecified atom stereocenters. The minimum Gasteiger partial charge on any atom is -0.503 e. The highest BCUT2D eigenvalue weighted by atomic mass is 32.1. The van der Waals surface area contributed by atoms with E-state index in [1.165, 1.54) is 34.4 Å². The van der Waals surface area contributed by atoms with Crippen LogP contribution < -0.4 is 0 Å². The van der Waals surface area contributed by atoms with Crippen LogP contribution in [0, 0.1) is 24.0 Å². The van der Waals surface area contributed by atoms with Crippen molar-refractivity contribution in [2.45, 2.75) is 40.2 Å². The van der Waals surface area contributed by atoms with E-state index >= 15 is 0 Å². The van der Waals surface area contributed by atoms with Gasteiger partial charge in [0, 0.05) is 18.7 Å². The van der Waals surface area contributed by atoms with Gasteiger partial charge < -0.3 is 14.9 Å². The molecular weight excluding hydrogens is 444 g/mol. The number of nitro benzene ring substituents is 1. The van der Waals surface area contributed by atoms with Gasteiger partial charge in [-0.15, -0.1) is 11.3 Å². The van der Waals surface area contributed by atoms with Gasteiger partial charge in [0.1, 0.15) is 0 Å². The largest absolute Gasteiger partial charge is 0.503 e. The van der Waals surface area contributed by atoms with Crippen molar-refractivity contribution in [2.24, 2.45) is 0 Å². The number of non-ortho nitro benzene ring substituents is 1. The fourth-order valence-electron chi connectivity index (χ4n) is 4.14. The highest BCUT2D eigenvalue weighted by molar-refractivity contribution is 7.14. The van der Waals surface area contributed by atoms with Crippen molar-refractivity contribution >= 4 is 28.7 Å². The zero-order valence-corrected chi connectivity index (χ0v) is 20.0. The molecule has 0 aliphatic carbocycles. The van der Waals surface area contributed by atoms with E-state index < -0.39 is 28.4 Å². The lowest BCUT2D eigenvalue weighted by Gasteiger charge is -2.28. The van der Waals surface area contributed by atoms with Gasteiger partial charge in [-0.05, 0) is 45.5 Å². The summed E-state index contributed by atoms with van der Waals surface area (Å²) in [5.41, 5.74) is 0.723. The van der Waals surface area contributed by atoms with E-state index in [0.717, 1.165) is 19.6 Å². The Labute approximate surface area is 196 Å². The maximum absolute atomic E-state index is 13.5. The van der Waals surface area contributed by atoms with Crippen molar-refractivity contribution in [1.29, 1.82) is 0 Å².